The number of carbonyl (C=O) groups is 1. The number of sulfonamides is 1. The lowest BCUT2D eigenvalue weighted by Gasteiger charge is -2.38. The van der Waals surface area contributed by atoms with Crippen LogP contribution in [0.15, 0.2) is 0 Å². The number of amides is 1. The molecule has 0 aromatic carbocycles. The number of hydrogen-bond donors (Lipinski definition) is 2. The third-order valence-electron chi connectivity index (χ3n) is 3.19. The van der Waals surface area contributed by atoms with E-state index in [1.54, 1.807) is 20.8 Å². The van der Waals surface area contributed by atoms with Gasteiger partial charge in [-0.1, -0.05) is 6.92 Å². The van der Waals surface area contributed by atoms with Crippen molar-refractivity contribution in [1.29, 1.82) is 0 Å². The molecule has 6 nitrogen and oxygen atoms in total. The quantitative estimate of drug-likeness (QED) is 0.751. The fourth-order valence-electron chi connectivity index (χ4n) is 2.33. The van der Waals surface area contributed by atoms with Crippen molar-refractivity contribution in [2.45, 2.75) is 51.7 Å². The van der Waals surface area contributed by atoms with Gasteiger partial charge in [0.15, 0.2) is 0 Å². The fraction of sp³-hybridized carbons (Fsp3) is 0.917. The Hall–Kier alpha value is -0.660. The predicted molar refractivity (Wildman–Crippen MR) is 73.1 cm³/mol. The molecule has 0 aromatic heterocycles. The molecule has 0 aliphatic carbocycles. The molecular formula is C12H24N2O4S. The number of nitrogens with one attached hydrogen (secondary N) is 1. The Balaban J connectivity index is 2.62. The number of carbonyl (C=O) groups excluding carboxylic acids is 1. The van der Waals surface area contributed by atoms with Crippen molar-refractivity contribution >= 4 is 15.9 Å². The lowest BCUT2D eigenvalue weighted by atomic mass is 9.95. The van der Waals surface area contributed by atoms with E-state index >= 15 is 0 Å². The molecule has 1 fully saturated rings. The molecule has 112 valence electrons. The van der Waals surface area contributed by atoms with Crippen molar-refractivity contribution in [3.05, 3.63) is 0 Å². The summed E-state index contributed by atoms with van der Waals surface area (Å²) < 4.78 is 25.6. The van der Waals surface area contributed by atoms with Crippen LogP contribution in [0.4, 0.5) is 0 Å². The van der Waals surface area contributed by atoms with Crippen molar-refractivity contribution in [3.63, 3.8) is 0 Å². The first-order chi connectivity index (χ1) is 8.67. The van der Waals surface area contributed by atoms with Gasteiger partial charge in [-0.3, -0.25) is 4.79 Å². The summed E-state index contributed by atoms with van der Waals surface area (Å²) >= 11 is 0. The summed E-state index contributed by atoms with van der Waals surface area (Å²) in [6.07, 6.45) is 1.90. The summed E-state index contributed by atoms with van der Waals surface area (Å²) in [6, 6.07) is -0.787. The van der Waals surface area contributed by atoms with Crippen LogP contribution in [-0.2, 0) is 14.8 Å². The smallest absolute Gasteiger partial charge is 0.240 e. The van der Waals surface area contributed by atoms with Crippen LogP contribution >= 0.6 is 0 Å². The third-order valence-corrected chi connectivity index (χ3v) is 4.84. The highest BCUT2D eigenvalue weighted by atomic mass is 32.2. The molecule has 1 rings (SSSR count). The summed E-state index contributed by atoms with van der Waals surface area (Å²) in [5.41, 5.74) is -0.879. The molecule has 2 atom stereocenters. The lowest BCUT2D eigenvalue weighted by Crippen LogP contribution is -2.54. The zero-order chi connectivity index (χ0) is 14.7. The van der Waals surface area contributed by atoms with Crippen LogP contribution in [0.2, 0.25) is 0 Å². The molecule has 1 heterocycles. The highest BCUT2D eigenvalue weighted by Crippen LogP contribution is 2.20. The van der Waals surface area contributed by atoms with Crippen LogP contribution in [0.3, 0.4) is 0 Å². The molecule has 1 aliphatic heterocycles. The van der Waals surface area contributed by atoms with E-state index in [2.05, 4.69) is 4.72 Å². The van der Waals surface area contributed by atoms with Gasteiger partial charge in [0.1, 0.15) is 0 Å². The minimum absolute atomic E-state index is 0.0162. The second-order valence-electron chi connectivity index (χ2n) is 5.52. The molecule has 1 aliphatic rings. The number of rotatable bonds is 5. The maximum absolute atomic E-state index is 12.2. The summed E-state index contributed by atoms with van der Waals surface area (Å²) in [5.74, 6) is -0.262. The normalized spacial score (nSPS) is 26.2. The number of hydrogen-bond acceptors (Lipinski definition) is 4. The monoisotopic (exact) mass is 292 g/mol. The minimum Gasteiger partial charge on any atom is -0.388 e. The number of aliphatic hydroxyl groups is 1. The first kappa shape index (κ1) is 16.4. The molecule has 0 bridgehead atoms. The molecule has 2 unspecified atom stereocenters. The third kappa shape index (κ3) is 5.08. The zero-order valence-corrected chi connectivity index (χ0v) is 12.7. The maximum Gasteiger partial charge on any atom is 0.240 e. The van der Waals surface area contributed by atoms with E-state index < -0.39 is 21.7 Å². The van der Waals surface area contributed by atoms with Gasteiger partial charge in [-0.05, 0) is 33.1 Å². The van der Waals surface area contributed by atoms with Crippen molar-refractivity contribution in [2.24, 2.45) is 0 Å². The van der Waals surface area contributed by atoms with E-state index in [4.69, 9.17) is 0 Å². The van der Waals surface area contributed by atoms with Gasteiger partial charge in [0.2, 0.25) is 15.9 Å². The Morgan fingerprint density at radius 1 is 1.53 bits per heavy atom. The van der Waals surface area contributed by atoms with Gasteiger partial charge in [0, 0.05) is 13.1 Å². The van der Waals surface area contributed by atoms with E-state index in [0.717, 1.165) is 6.42 Å². The minimum atomic E-state index is -3.40. The second-order valence-corrected chi connectivity index (χ2v) is 7.39. The van der Waals surface area contributed by atoms with Gasteiger partial charge >= 0.3 is 0 Å². The second kappa shape index (κ2) is 6.19. The fourth-order valence-corrected chi connectivity index (χ4v) is 3.62. The molecule has 1 amide bonds. The topological polar surface area (TPSA) is 86.7 Å². The van der Waals surface area contributed by atoms with Gasteiger partial charge < -0.3 is 10.0 Å². The molecule has 7 heteroatoms. The molecule has 0 saturated carbocycles. The van der Waals surface area contributed by atoms with E-state index in [0.29, 0.717) is 19.4 Å². The van der Waals surface area contributed by atoms with E-state index in [9.17, 15) is 18.3 Å². The van der Waals surface area contributed by atoms with Crippen LogP contribution < -0.4 is 4.72 Å². The Morgan fingerprint density at radius 3 is 2.68 bits per heavy atom. The zero-order valence-electron chi connectivity index (χ0n) is 11.8. The first-order valence-corrected chi connectivity index (χ1v) is 8.33. The van der Waals surface area contributed by atoms with E-state index in [1.165, 1.54) is 4.90 Å². The molecule has 0 spiro atoms. The highest BCUT2D eigenvalue weighted by Gasteiger charge is 2.33. The predicted octanol–water partition coefficient (Wildman–Crippen LogP) is 0.0777. The van der Waals surface area contributed by atoms with Crippen molar-refractivity contribution in [3.8, 4) is 0 Å². The van der Waals surface area contributed by atoms with E-state index in [-0.39, 0.29) is 18.2 Å². The highest BCUT2D eigenvalue weighted by molar-refractivity contribution is 7.89. The van der Waals surface area contributed by atoms with Crippen LogP contribution in [0.5, 0.6) is 0 Å². The largest absolute Gasteiger partial charge is 0.388 e. The van der Waals surface area contributed by atoms with Gasteiger partial charge in [-0.15, -0.1) is 0 Å². The maximum atomic E-state index is 12.2. The van der Waals surface area contributed by atoms with Crippen molar-refractivity contribution in [2.75, 3.05) is 18.8 Å². The molecular weight excluding hydrogens is 268 g/mol. The molecule has 0 radical (unpaired) electrons. The SMILES string of the molecule is CCCS(=O)(=O)NC(C)C(=O)N1CCCC(C)(O)C1. The van der Waals surface area contributed by atoms with Gasteiger partial charge in [0.25, 0.3) is 0 Å². The summed E-state index contributed by atoms with van der Waals surface area (Å²) in [5, 5.41) is 9.96. The summed E-state index contributed by atoms with van der Waals surface area (Å²) in [6.45, 7) is 5.82. The Labute approximate surface area is 115 Å². The summed E-state index contributed by atoms with van der Waals surface area (Å²) in [7, 11) is -3.40. The van der Waals surface area contributed by atoms with Crippen LogP contribution in [-0.4, -0.2) is 54.8 Å². The lowest BCUT2D eigenvalue weighted by molar-refractivity contribution is -0.138. The average Bonchev–Trinajstić information content (AvgIpc) is 2.25. The number of likely N-dealkylation sites (tertiary alicyclic amines) is 1. The number of nitrogens with zero attached hydrogens (tertiary/aromatic N) is 1. The Morgan fingerprint density at radius 2 is 2.16 bits per heavy atom. The molecule has 2 N–H and O–H groups in total. The average molecular weight is 292 g/mol. The van der Waals surface area contributed by atoms with Crippen LogP contribution in [0.25, 0.3) is 0 Å². The first-order valence-electron chi connectivity index (χ1n) is 6.68. The van der Waals surface area contributed by atoms with Gasteiger partial charge in [0.05, 0.1) is 17.4 Å². The van der Waals surface area contributed by atoms with Gasteiger partial charge in [-0.25, -0.2) is 13.1 Å². The van der Waals surface area contributed by atoms with Crippen LogP contribution in [0.1, 0.15) is 40.0 Å². The molecule has 0 aromatic rings. The molecule has 1 saturated heterocycles. The van der Waals surface area contributed by atoms with Crippen molar-refractivity contribution in [1.82, 2.24) is 9.62 Å². The Bertz CT molecular complexity index is 419. The van der Waals surface area contributed by atoms with Gasteiger partial charge in [-0.2, -0.15) is 0 Å². The number of piperidine rings is 1. The standard InChI is InChI=1S/C12H24N2O4S/c1-4-8-19(17,18)13-10(2)11(15)14-7-5-6-12(3,16)9-14/h10,13,16H,4-9H2,1-3H3. The van der Waals surface area contributed by atoms with Crippen LogP contribution in [0, 0.1) is 0 Å². The van der Waals surface area contributed by atoms with E-state index in [1.807, 2.05) is 0 Å². The van der Waals surface area contributed by atoms with Crippen molar-refractivity contribution < 1.29 is 18.3 Å². The molecule has 19 heavy (non-hydrogen) atoms. The number of β-amino-alcohol motifs (C(OH)–C–C–N with tert-alkyl or cyclic N) is 1. The summed E-state index contributed by atoms with van der Waals surface area (Å²) in [4.78, 5) is 13.7. The Kier molecular flexibility index (Phi) is 5.34.